The fraction of sp³-hybridized carbons (Fsp3) is 0.647. The lowest BCUT2D eigenvalue weighted by Gasteiger charge is -2.44. The van der Waals surface area contributed by atoms with Gasteiger partial charge < -0.3 is 0 Å². The van der Waals surface area contributed by atoms with Crippen LogP contribution in [0.2, 0.25) is 16.6 Å². The summed E-state index contributed by atoms with van der Waals surface area (Å²) in [4.78, 5) is 0. The number of aryl methyl sites for hydroxylation is 2. The second-order valence-corrected chi connectivity index (χ2v) is 12.6. The van der Waals surface area contributed by atoms with Crippen LogP contribution in [0, 0.1) is 13.8 Å². The summed E-state index contributed by atoms with van der Waals surface area (Å²) in [6.07, 6.45) is 0. The van der Waals surface area contributed by atoms with Crippen LogP contribution in [0.1, 0.15) is 52.7 Å². The minimum Gasteiger partial charge on any atom is -0.0648 e. The summed E-state index contributed by atoms with van der Waals surface area (Å²) in [7, 11) is -1.46. The molecule has 0 aliphatic rings. The Morgan fingerprint density at radius 3 is 1.50 bits per heavy atom. The minimum atomic E-state index is -1.46. The van der Waals surface area contributed by atoms with Crippen molar-refractivity contribution in [3.63, 3.8) is 0 Å². The van der Waals surface area contributed by atoms with E-state index in [1.165, 1.54) is 11.1 Å². The summed E-state index contributed by atoms with van der Waals surface area (Å²) in [5, 5.41) is 1.66. The monoisotopic (exact) mass is 262 g/mol. The number of benzene rings is 1. The first-order valence-corrected chi connectivity index (χ1v) is 9.55. The second-order valence-electron chi connectivity index (χ2n) is 6.70. The smallest absolute Gasteiger partial charge is 0.0648 e. The Labute approximate surface area is 115 Å². The average molecular weight is 263 g/mol. The lowest BCUT2D eigenvalue weighted by Crippen LogP contribution is -2.55. The van der Waals surface area contributed by atoms with Crippen molar-refractivity contribution in [2.24, 2.45) is 0 Å². The van der Waals surface area contributed by atoms with Crippen LogP contribution in [0.5, 0.6) is 0 Å². The highest BCUT2D eigenvalue weighted by Gasteiger charge is 2.44. The number of hydrogen-bond donors (Lipinski definition) is 0. The SMILES string of the molecule is Cc1ccc([Si](C(C)C)(C(C)C)C(C)C)cc1C. The van der Waals surface area contributed by atoms with Gasteiger partial charge >= 0.3 is 0 Å². The number of hydrogen-bond acceptors (Lipinski definition) is 0. The summed E-state index contributed by atoms with van der Waals surface area (Å²) in [6.45, 7) is 19.1. The van der Waals surface area contributed by atoms with E-state index in [0.29, 0.717) is 0 Å². The van der Waals surface area contributed by atoms with Crippen LogP contribution in [0.3, 0.4) is 0 Å². The van der Waals surface area contributed by atoms with E-state index < -0.39 is 8.07 Å². The Morgan fingerprint density at radius 2 is 1.17 bits per heavy atom. The third kappa shape index (κ3) is 2.42. The molecule has 18 heavy (non-hydrogen) atoms. The largest absolute Gasteiger partial charge is 0.0942 e. The van der Waals surface area contributed by atoms with Crippen molar-refractivity contribution in [2.45, 2.75) is 72.0 Å². The summed E-state index contributed by atoms with van der Waals surface area (Å²) >= 11 is 0. The van der Waals surface area contributed by atoms with E-state index >= 15 is 0 Å². The van der Waals surface area contributed by atoms with Crippen LogP contribution in [-0.4, -0.2) is 8.07 Å². The van der Waals surface area contributed by atoms with E-state index in [4.69, 9.17) is 0 Å². The molecule has 0 radical (unpaired) electrons. The van der Waals surface area contributed by atoms with Gasteiger partial charge in [0.15, 0.2) is 0 Å². The maximum absolute atomic E-state index is 2.47. The fourth-order valence-corrected chi connectivity index (χ4v) is 10.8. The van der Waals surface area contributed by atoms with Gasteiger partial charge in [0.2, 0.25) is 0 Å². The van der Waals surface area contributed by atoms with Gasteiger partial charge in [-0.05, 0) is 41.6 Å². The van der Waals surface area contributed by atoms with E-state index in [1.807, 2.05) is 0 Å². The first kappa shape index (κ1) is 15.5. The molecule has 0 fully saturated rings. The molecule has 1 heteroatoms. The molecular formula is C17H30Si. The molecule has 0 spiro atoms. The first-order valence-electron chi connectivity index (χ1n) is 7.32. The molecule has 102 valence electrons. The second kappa shape index (κ2) is 5.60. The Morgan fingerprint density at radius 1 is 0.722 bits per heavy atom. The van der Waals surface area contributed by atoms with Crippen molar-refractivity contribution in [3.8, 4) is 0 Å². The summed E-state index contributed by atoms with van der Waals surface area (Å²) in [5.41, 5.74) is 5.24. The minimum absolute atomic E-state index is 0.791. The van der Waals surface area contributed by atoms with Crippen LogP contribution in [0.25, 0.3) is 0 Å². The van der Waals surface area contributed by atoms with Crippen molar-refractivity contribution in [2.75, 3.05) is 0 Å². The molecule has 0 aliphatic carbocycles. The summed E-state index contributed by atoms with van der Waals surface area (Å²) < 4.78 is 0. The van der Waals surface area contributed by atoms with E-state index in [0.717, 1.165) is 16.6 Å². The van der Waals surface area contributed by atoms with Crippen LogP contribution in [0.15, 0.2) is 18.2 Å². The standard InChI is InChI=1S/C17H30Si/c1-12(2)18(13(3)4,14(5)6)17-10-9-15(7)16(8)11-17/h9-14H,1-8H3. The summed E-state index contributed by atoms with van der Waals surface area (Å²) in [6, 6.07) is 7.20. The molecule has 0 aliphatic heterocycles. The topological polar surface area (TPSA) is 0 Å². The normalized spacial score (nSPS) is 12.8. The quantitative estimate of drug-likeness (QED) is 0.655. The highest BCUT2D eigenvalue weighted by molar-refractivity contribution is 6.95. The zero-order chi connectivity index (χ0) is 14.1. The number of rotatable bonds is 4. The van der Waals surface area contributed by atoms with E-state index in [-0.39, 0.29) is 0 Å². The van der Waals surface area contributed by atoms with Crippen molar-refractivity contribution >= 4 is 13.3 Å². The molecule has 1 aromatic rings. The van der Waals surface area contributed by atoms with E-state index in [9.17, 15) is 0 Å². The lowest BCUT2D eigenvalue weighted by molar-refractivity contribution is 0.835. The van der Waals surface area contributed by atoms with Crippen LogP contribution < -0.4 is 5.19 Å². The predicted molar refractivity (Wildman–Crippen MR) is 86.6 cm³/mol. The molecular weight excluding hydrogens is 232 g/mol. The zero-order valence-electron chi connectivity index (χ0n) is 13.5. The van der Waals surface area contributed by atoms with Crippen molar-refractivity contribution in [3.05, 3.63) is 29.3 Å². The van der Waals surface area contributed by atoms with E-state index in [1.54, 1.807) is 5.19 Å². The molecule has 0 nitrogen and oxygen atoms in total. The van der Waals surface area contributed by atoms with Crippen molar-refractivity contribution in [1.82, 2.24) is 0 Å². The Bertz CT molecular complexity index is 380. The molecule has 0 saturated heterocycles. The molecule has 1 aromatic carbocycles. The van der Waals surface area contributed by atoms with Crippen LogP contribution in [-0.2, 0) is 0 Å². The maximum Gasteiger partial charge on any atom is 0.0942 e. The Kier molecular flexibility index (Phi) is 4.82. The van der Waals surface area contributed by atoms with Gasteiger partial charge in [-0.2, -0.15) is 0 Å². The predicted octanol–water partition coefficient (Wildman–Crippen LogP) is 5.19. The van der Waals surface area contributed by atoms with Gasteiger partial charge in [-0.3, -0.25) is 0 Å². The van der Waals surface area contributed by atoms with Crippen LogP contribution >= 0.6 is 0 Å². The van der Waals surface area contributed by atoms with Crippen molar-refractivity contribution < 1.29 is 0 Å². The molecule has 1 rings (SSSR count). The lowest BCUT2D eigenvalue weighted by atomic mass is 10.1. The van der Waals surface area contributed by atoms with Crippen molar-refractivity contribution in [1.29, 1.82) is 0 Å². The Balaban J connectivity index is 3.46. The van der Waals surface area contributed by atoms with Gasteiger partial charge in [0, 0.05) is 0 Å². The molecule has 0 heterocycles. The Hall–Kier alpha value is -0.563. The molecule has 0 bridgehead atoms. The highest BCUT2D eigenvalue weighted by atomic mass is 28.3. The van der Waals surface area contributed by atoms with E-state index in [2.05, 4.69) is 73.6 Å². The molecule has 0 atom stereocenters. The molecule has 0 unspecified atom stereocenters. The fourth-order valence-electron chi connectivity index (χ4n) is 4.01. The molecule has 0 aromatic heterocycles. The highest BCUT2D eigenvalue weighted by Crippen LogP contribution is 2.41. The van der Waals surface area contributed by atoms with Gasteiger partial charge in [0.25, 0.3) is 0 Å². The average Bonchev–Trinajstić information content (AvgIpc) is 2.22. The zero-order valence-corrected chi connectivity index (χ0v) is 14.5. The maximum atomic E-state index is 2.47. The summed E-state index contributed by atoms with van der Waals surface area (Å²) in [5.74, 6) is 0. The van der Waals surface area contributed by atoms with Gasteiger partial charge in [0.1, 0.15) is 0 Å². The van der Waals surface area contributed by atoms with Gasteiger partial charge in [-0.15, -0.1) is 0 Å². The third-order valence-corrected chi connectivity index (χ3v) is 11.9. The van der Waals surface area contributed by atoms with Gasteiger partial charge in [-0.25, -0.2) is 0 Å². The third-order valence-electron chi connectivity index (χ3n) is 4.87. The molecule has 0 amide bonds. The van der Waals surface area contributed by atoms with Crippen LogP contribution in [0.4, 0.5) is 0 Å². The van der Waals surface area contributed by atoms with Gasteiger partial charge in [0.05, 0.1) is 8.07 Å². The molecule has 0 saturated carbocycles. The van der Waals surface area contributed by atoms with Gasteiger partial charge in [-0.1, -0.05) is 64.9 Å². The molecule has 0 N–H and O–H groups in total. The first-order chi connectivity index (χ1) is 8.24.